The summed E-state index contributed by atoms with van der Waals surface area (Å²) in [6, 6.07) is 10.5. The molecule has 5 nitrogen and oxygen atoms in total. The Labute approximate surface area is 138 Å². The van der Waals surface area contributed by atoms with Gasteiger partial charge in [-0.15, -0.1) is 5.10 Å². The van der Waals surface area contributed by atoms with Crippen LogP contribution < -0.4 is 5.73 Å². The van der Waals surface area contributed by atoms with E-state index in [1.165, 1.54) is 0 Å². The predicted molar refractivity (Wildman–Crippen MR) is 86.7 cm³/mol. The van der Waals surface area contributed by atoms with Gasteiger partial charge >= 0.3 is 0 Å². The van der Waals surface area contributed by atoms with Crippen molar-refractivity contribution in [3.8, 4) is 17.1 Å². The van der Waals surface area contributed by atoms with Gasteiger partial charge in [-0.2, -0.15) is 4.68 Å². The number of nitrogens with two attached hydrogens (primary N) is 1. The molecule has 0 bridgehead atoms. The third-order valence-corrected chi connectivity index (χ3v) is 3.91. The van der Waals surface area contributed by atoms with Gasteiger partial charge in [0.2, 0.25) is 0 Å². The van der Waals surface area contributed by atoms with Gasteiger partial charge in [0.05, 0.1) is 5.69 Å². The molecular formula is C13H8BrCl2N5. The number of benzene rings is 2. The predicted octanol–water partition coefficient (Wildman–Crippen LogP) is 3.98. The molecule has 0 atom stereocenters. The van der Waals surface area contributed by atoms with Crippen molar-refractivity contribution in [3.05, 3.63) is 50.9 Å². The molecule has 0 saturated heterocycles. The molecule has 0 unspecified atom stereocenters. The second kappa shape index (κ2) is 5.63. The van der Waals surface area contributed by atoms with Gasteiger partial charge < -0.3 is 5.73 Å². The van der Waals surface area contributed by atoms with E-state index in [1.54, 1.807) is 35.0 Å². The molecular weight excluding hydrogens is 377 g/mol. The van der Waals surface area contributed by atoms with E-state index in [2.05, 4.69) is 31.5 Å². The van der Waals surface area contributed by atoms with E-state index in [4.69, 9.17) is 28.9 Å². The van der Waals surface area contributed by atoms with Gasteiger partial charge in [-0.3, -0.25) is 0 Å². The van der Waals surface area contributed by atoms with Gasteiger partial charge in [0.1, 0.15) is 0 Å². The smallest absolute Gasteiger partial charge is 0.187 e. The van der Waals surface area contributed by atoms with Gasteiger partial charge in [-0.25, -0.2) is 0 Å². The molecule has 21 heavy (non-hydrogen) atoms. The quantitative estimate of drug-likeness (QED) is 0.678. The second-order valence-electron chi connectivity index (χ2n) is 4.28. The van der Waals surface area contributed by atoms with Crippen LogP contribution in [0.2, 0.25) is 10.0 Å². The largest absolute Gasteiger partial charge is 0.399 e. The fourth-order valence-electron chi connectivity index (χ4n) is 1.92. The van der Waals surface area contributed by atoms with E-state index >= 15 is 0 Å². The third-order valence-electron chi connectivity index (χ3n) is 2.78. The van der Waals surface area contributed by atoms with E-state index in [-0.39, 0.29) is 0 Å². The van der Waals surface area contributed by atoms with Gasteiger partial charge in [0.15, 0.2) is 5.82 Å². The number of hydrogen-bond acceptors (Lipinski definition) is 4. The van der Waals surface area contributed by atoms with Crippen molar-refractivity contribution in [2.75, 3.05) is 5.73 Å². The molecule has 0 amide bonds. The summed E-state index contributed by atoms with van der Waals surface area (Å²) < 4.78 is 2.39. The molecule has 0 saturated carbocycles. The minimum Gasteiger partial charge on any atom is -0.399 e. The first-order valence-corrected chi connectivity index (χ1v) is 7.40. The number of anilines is 1. The first-order valence-electron chi connectivity index (χ1n) is 5.85. The van der Waals surface area contributed by atoms with Crippen LogP contribution in [0.4, 0.5) is 5.69 Å². The molecule has 0 aliphatic heterocycles. The molecule has 0 aliphatic carbocycles. The lowest BCUT2D eigenvalue weighted by atomic mass is 10.2. The first kappa shape index (κ1) is 14.3. The highest BCUT2D eigenvalue weighted by molar-refractivity contribution is 9.10. The highest BCUT2D eigenvalue weighted by Crippen LogP contribution is 2.29. The zero-order chi connectivity index (χ0) is 15.0. The van der Waals surface area contributed by atoms with Crippen molar-refractivity contribution in [1.82, 2.24) is 20.2 Å². The lowest BCUT2D eigenvalue weighted by Crippen LogP contribution is -2.01. The number of aromatic nitrogens is 4. The minimum atomic E-state index is 0.518. The van der Waals surface area contributed by atoms with E-state index in [0.717, 1.165) is 15.7 Å². The summed E-state index contributed by atoms with van der Waals surface area (Å²) >= 11 is 15.5. The zero-order valence-corrected chi connectivity index (χ0v) is 13.6. The minimum absolute atomic E-state index is 0.518. The summed E-state index contributed by atoms with van der Waals surface area (Å²) in [4.78, 5) is 0. The molecule has 2 N–H and O–H groups in total. The third kappa shape index (κ3) is 2.88. The summed E-state index contributed by atoms with van der Waals surface area (Å²) in [5.41, 5.74) is 7.80. The van der Waals surface area contributed by atoms with Crippen molar-refractivity contribution >= 4 is 44.8 Å². The molecule has 8 heteroatoms. The molecule has 0 fully saturated rings. The number of nitrogens with zero attached hydrogens (tertiary/aromatic N) is 4. The summed E-state index contributed by atoms with van der Waals surface area (Å²) in [7, 11) is 0. The molecule has 0 radical (unpaired) electrons. The van der Waals surface area contributed by atoms with Gasteiger partial charge in [0, 0.05) is 25.8 Å². The standard InChI is InChI=1S/C13H8BrCl2N5/c14-11-2-1-8(15)6-12(11)21-13(18-19-20-21)7-3-9(16)5-10(17)4-7/h1-6H,17H2. The van der Waals surface area contributed by atoms with Crippen LogP contribution in [0.1, 0.15) is 0 Å². The molecule has 1 aromatic heterocycles. The number of rotatable bonds is 2. The number of hydrogen-bond donors (Lipinski definition) is 1. The van der Waals surface area contributed by atoms with Crippen molar-refractivity contribution < 1.29 is 0 Å². The van der Waals surface area contributed by atoms with Crippen LogP contribution in [0.15, 0.2) is 40.9 Å². The fourth-order valence-corrected chi connectivity index (χ4v) is 2.74. The second-order valence-corrected chi connectivity index (χ2v) is 6.01. The Morgan fingerprint density at radius 2 is 1.86 bits per heavy atom. The summed E-state index contributed by atoms with van der Waals surface area (Å²) in [6.45, 7) is 0. The van der Waals surface area contributed by atoms with Gasteiger partial charge in [-0.1, -0.05) is 23.2 Å². The maximum absolute atomic E-state index is 6.04. The molecule has 3 rings (SSSR count). The maximum Gasteiger partial charge on any atom is 0.187 e. The Morgan fingerprint density at radius 3 is 2.62 bits per heavy atom. The monoisotopic (exact) mass is 383 g/mol. The number of tetrazole rings is 1. The summed E-state index contributed by atoms with van der Waals surface area (Å²) in [5.74, 6) is 0.521. The zero-order valence-electron chi connectivity index (χ0n) is 10.5. The average Bonchev–Trinajstić information content (AvgIpc) is 2.89. The topological polar surface area (TPSA) is 69.6 Å². The molecule has 106 valence electrons. The van der Waals surface area contributed by atoms with Crippen LogP contribution in [-0.4, -0.2) is 20.2 Å². The molecule has 0 spiro atoms. The lowest BCUT2D eigenvalue weighted by molar-refractivity contribution is 0.789. The van der Waals surface area contributed by atoms with Crippen molar-refractivity contribution in [3.63, 3.8) is 0 Å². The van der Waals surface area contributed by atoms with Crippen LogP contribution in [0, 0.1) is 0 Å². The fraction of sp³-hybridized carbons (Fsp3) is 0. The van der Waals surface area contributed by atoms with E-state index < -0.39 is 0 Å². The van der Waals surface area contributed by atoms with E-state index in [0.29, 0.717) is 21.6 Å². The molecule has 0 aliphatic rings. The Morgan fingerprint density at radius 1 is 1.05 bits per heavy atom. The highest BCUT2D eigenvalue weighted by atomic mass is 79.9. The van der Waals surface area contributed by atoms with Crippen molar-refractivity contribution in [1.29, 1.82) is 0 Å². The van der Waals surface area contributed by atoms with Gasteiger partial charge in [0.25, 0.3) is 0 Å². The van der Waals surface area contributed by atoms with Gasteiger partial charge in [-0.05, 0) is 62.8 Å². The van der Waals surface area contributed by atoms with E-state index in [9.17, 15) is 0 Å². The SMILES string of the molecule is Nc1cc(Cl)cc(-c2nnnn2-c2cc(Cl)ccc2Br)c1. The Balaban J connectivity index is 2.19. The normalized spacial score (nSPS) is 10.8. The summed E-state index contributed by atoms with van der Waals surface area (Å²) in [6.07, 6.45) is 0. The van der Waals surface area contributed by atoms with Crippen LogP contribution in [0.25, 0.3) is 17.1 Å². The molecule has 3 aromatic rings. The molecule has 1 heterocycles. The van der Waals surface area contributed by atoms with Crippen LogP contribution >= 0.6 is 39.1 Å². The maximum atomic E-state index is 6.04. The Hall–Kier alpha value is -1.63. The average molecular weight is 385 g/mol. The van der Waals surface area contributed by atoms with Crippen LogP contribution in [-0.2, 0) is 0 Å². The lowest BCUT2D eigenvalue weighted by Gasteiger charge is -2.08. The first-order chi connectivity index (χ1) is 10.0. The van der Waals surface area contributed by atoms with Crippen molar-refractivity contribution in [2.24, 2.45) is 0 Å². The Kier molecular flexibility index (Phi) is 3.84. The summed E-state index contributed by atoms with van der Waals surface area (Å²) in [5, 5.41) is 12.9. The van der Waals surface area contributed by atoms with Crippen molar-refractivity contribution in [2.45, 2.75) is 0 Å². The van der Waals surface area contributed by atoms with Crippen LogP contribution in [0.5, 0.6) is 0 Å². The van der Waals surface area contributed by atoms with E-state index in [1.807, 2.05) is 6.07 Å². The highest BCUT2D eigenvalue weighted by Gasteiger charge is 2.14. The Bertz CT molecular complexity index is 798. The molecule has 2 aromatic carbocycles. The number of nitrogen functional groups attached to an aromatic ring is 1. The van der Waals surface area contributed by atoms with Crippen LogP contribution in [0.3, 0.4) is 0 Å². The number of halogens is 3.